The van der Waals surface area contributed by atoms with Gasteiger partial charge >= 0.3 is 0 Å². The second-order valence-electron chi connectivity index (χ2n) is 4.01. The number of likely N-dealkylation sites (tertiary alicyclic amines) is 1. The van der Waals surface area contributed by atoms with Gasteiger partial charge in [-0.2, -0.15) is 0 Å². The maximum atomic E-state index is 13.4. The van der Waals surface area contributed by atoms with E-state index in [1.165, 1.54) is 6.07 Å². The number of nitrogens with zero attached hydrogens (tertiary/aromatic N) is 1. The quantitative estimate of drug-likeness (QED) is 0.725. The van der Waals surface area contributed by atoms with Gasteiger partial charge in [0.2, 0.25) is 5.91 Å². The van der Waals surface area contributed by atoms with Crippen LogP contribution in [0.4, 0.5) is 4.39 Å². The van der Waals surface area contributed by atoms with E-state index in [1.807, 2.05) is 13.0 Å². The highest BCUT2D eigenvalue weighted by atomic mass is 19.1. The van der Waals surface area contributed by atoms with Crippen LogP contribution in [0.2, 0.25) is 0 Å². The molecule has 0 saturated carbocycles. The normalized spacial score (nSPS) is 14.9. The molecule has 0 atom stereocenters. The van der Waals surface area contributed by atoms with Gasteiger partial charge in [0.05, 0.1) is 6.42 Å². The lowest BCUT2D eigenvalue weighted by Gasteiger charge is -2.31. The molecule has 1 aromatic rings. The molecular weight excluding hydrogens is 193 g/mol. The fourth-order valence-electron chi connectivity index (χ4n) is 1.64. The van der Waals surface area contributed by atoms with Crippen LogP contribution in [0.1, 0.15) is 17.5 Å². The first-order chi connectivity index (χ1) is 7.16. The minimum atomic E-state index is -0.274. The van der Waals surface area contributed by atoms with E-state index < -0.39 is 0 Å². The van der Waals surface area contributed by atoms with Crippen molar-refractivity contribution in [1.82, 2.24) is 4.90 Å². The van der Waals surface area contributed by atoms with E-state index >= 15 is 0 Å². The zero-order valence-corrected chi connectivity index (χ0v) is 8.79. The predicted octanol–water partition coefficient (Wildman–Crippen LogP) is 1.91. The summed E-state index contributed by atoms with van der Waals surface area (Å²) in [4.78, 5) is 13.4. The van der Waals surface area contributed by atoms with Crippen LogP contribution in [0.3, 0.4) is 0 Å². The standard InChI is InChI=1S/C12H14FNO/c1-9-3-4-10(11(13)7-9)8-12(15)14-5-2-6-14/h3-4,7H,2,5-6,8H2,1H3. The van der Waals surface area contributed by atoms with E-state index in [-0.39, 0.29) is 18.1 Å². The van der Waals surface area contributed by atoms with E-state index in [1.54, 1.807) is 11.0 Å². The first kappa shape index (κ1) is 10.1. The van der Waals surface area contributed by atoms with Gasteiger partial charge in [0.15, 0.2) is 0 Å². The highest BCUT2D eigenvalue weighted by molar-refractivity contribution is 5.79. The van der Waals surface area contributed by atoms with Crippen molar-refractivity contribution in [1.29, 1.82) is 0 Å². The third-order valence-electron chi connectivity index (χ3n) is 2.76. The van der Waals surface area contributed by atoms with Crippen molar-refractivity contribution in [2.45, 2.75) is 19.8 Å². The molecule has 0 aliphatic carbocycles. The Morgan fingerprint density at radius 3 is 2.73 bits per heavy atom. The molecular formula is C12H14FNO. The zero-order chi connectivity index (χ0) is 10.8. The van der Waals surface area contributed by atoms with Gasteiger partial charge in [-0.3, -0.25) is 4.79 Å². The van der Waals surface area contributed by atoms with Gasteiger partial charge in [-0.05, 0) is 30.5 Å². The first-order valence-electron chi connectivity index (χ1n) is 5.19. The summed E-state index contributed by atoms with van der Waals surface area (Å²) in [5, 5.41) is 0. The number of hydrogen-bond acceptors (Lipinski definition) is 1. The van der Waals surface area contributed by atoms with E-state index in [0.717, 1.165) is 25.1 Å². The molecule has 0 spiro atoms. The summed E-state index contributed by atoms with van der Waals surface area (Å²) in [5.41, 5.74) is 1.38. The van der Waals surface area contributed by atoms with Crippen molar-refractivity contribution in [3.05, 3.63) is 35.1 Å². The van der Waals surface area contributed by atoms with Gasteiger partial charge in [-0.15, -0.1) is 0 Å². The monoisotopic (exact) mass is 207 g/mol. The summed E-state index contributed by atoms with van der Waals surface area (Å²) in [6.07, 6.45) is 1.26. The second-order valence-corrected chi connectivity index (χ2v) is 4.01. The average Bonchev–Trinajstić information content (AvgIpc) is 2.07. The molecule has 0 bridgehead atoms. The number of halogens is 1. The third-order valence-corrected chi connectivity index (χ3v) is 2.76. The van der Waals surface area contributed by atoms with E-state index in [2.05, 4.69) is 0 Å². The first-order valence-corrected chi connectivity index (χ1v) is 5.19. The number of carbonyl (C=O) groups excluding carboxylic acids is 1. The minimum absolute atomic E-state index is 0.0315. The SMILES string of the molecule is Cc1ccc(CC(=O)N2CCC2)c(F)c1. The second kappa shape index (κ2) is 4.01. The molecule has 1 heterocycles. The predicted molar refractivity (Wildman–Crippen MR) is 56.0 cm³/mol. The van der Waals surface area contributed by atoms with Crippen molar-refractivity contribution in [3.8, 4) is 0 Å². The van der Waals surface area contributed by atoms with Crippen LogP contribution in [0.15, 0.2) is 18.2 Å². The maximum Gasteiger partial charge on any atom is 0.227 e. The Hall–Kier alpha value is -1.38. The lowest BCUT2D eigenvalue weighted by molar-refractivity contribution is -0.133. The van der Waals surface area contributed by atoms with Gasteiger partial charge in [-0.25, -0.2) is 4.39 Å². The van der Waals surface area contributed by atoms with Crippen molar-refractivity contribution in [3.63, 3.8) is 0 Å². The van der Waals surface area contributed by atoms with Crippen molar-refractivity contribution in [2.24, 2.45) is 0 Å². The van der Waals surface area contributed by atoms with Gasteiger partial charge in [0, 0.05) is 13.1 Å². The molecule has 80 valence electrons. The number of aryl methyl sites for hydroxylation is 1. The van der Waals surface area contributed by atoms with Gasteiger partial charge in [0.25, 0.3) is 0 Å². The molecule has 2 nitrogen and oxygen atoms in total. The van der Waals surface area contributed by atoms with Crippen LogP contribution in [0.5, 0.6) is 0 Å². The van der Waals surface area contributed by atoms with Crippen LogP contribution in [-0.2, 0) is 11.2 Å². The number of rotatable bonds is 2. The Bertz CT molecular complexity index is 385. The molecule has 0 radical (unpaired) electrons. The molecule has 0 N–H and O–H groups in total. The highest BCUT2D eigenvalue weighted by Crippen LogP contribution is 2.14. The summed E-state index contributed by atoms with van der Waals surface area (Å²) < 4.78 is 13.4. The summed E-state index contributed by atoms with van der Waals surface area (Å²) >= 11 is 0. The van der Waals surface area contributed by atoms with Gasteiger partial charge in [-0.1, -0.05) is 12.1 Å². The molecule has 2 rings (SSSR count). The Balaban J connectivity index is 2.06. The molecule has 1 fully saturated rings. The summed E-state index contributed by atoms with van der Waals surface area (Å²) in [5.74, 6) is -0.243. The summed E-state index contributed by atoms with van der Waals surface area (Å²) in [7, 11) is 0. The number of hydrogen-bond donors (Lipinski definition) is 0. The topological polar surface area (TPSA) is 20.3 Å². The molecule has 1 amide bonds. The van der Waals surface area contributed by atoms with Crippen molar-refractivity contribution in [2.75, 3.05) is 13.1 Å². The lowest BCUT2D eigenvalue weighted by Crippen LogP contribution is -2.42. The van der Waals surface area contributed by atoms with E-state index in [0.29, 0.717) is 5.56 Å². The minimum Gasteiger partial charge on any atom is -0.342 e. The largest absolute Gasteiger partial charge is 0.342 e. The average molecular weight is 207 g/mol. The molecule has 15 heavy (non-hydrogen) atoms. The van der Waals surface area contributed by atoms with E-state index in [4.69, 9.17) is 0 Å². The van der Waals surface area contributed by atoms with Gasteiger partial charge < -0.3 is 4.90 Å². The molecule has 1 saturated heterocycles. The molecule has 3 heteroatoms. The van der Waals surface area contributed by atoms with Gasteiger partial charge in [0.1, 0.15) is 5.82 Å². The Labute approximate surface area is 88.7 Å². The molecule has 1 aromatic carbocycles. The van der Waals surface area contributed by atoms with Crippen LogP contribution in [0, 0.1) is 12.7 Å². The molecule has 0 aromatic heterocycles. The third kappa shape index (κ3) is 2.17. The van der Waals surface area contributed by atoms with Crippen LogP contribution >= 0.6 is 0 Å². The van der Waals surface area contributed by atoms with Crippen molar-refractivity contribution < 1.29 is 9.18 Å². The zero-order valence-electron chi connectivity index (χ0n) is 8.79. The molecule has 1 aliphatic rings. The smallest absolute Gasteiger partial charge is 0.227 e. The number of carbonyl (C=O) groups is 1. The lowest BCUT2D eigenvalue weighted by atomic mass is 10.1. The highest BCUT2D eigenvalue weighted by Gasteiger charge is 2.20. The fraction of sp³-hybridized carbons (Fsp3) is 0.417. The number of amides is 1. The van der Waals surface area contributed by atoms with Crippen LogP contribution in [-0.4, -0.2) is 23.9 Å². The van der Waals surface area contributed by atoms with Crippen LogP contribution < -0.4 is 0 Å². The Morgan fingerprint density at radius 2 is 2.20 bits per heavy atom. The number of benzene rings is 1. The Morgan fingerprint density at radius 1 is 1.47 bits per heavy atom. The molecule has 0 unspecified atom stereocenters. The summed E-state index contributed by atoms with van der Waals surface area (Å²) in [6.45, 7) is 3.49. The van der Waals surface area contributed by atoms with Crippen LogP contribution in [0.25, 0.3) is 0 Å². The van der Waals surface area contributed by atoms with Crippen molar-refractivity contribution >= 4 is 5.91 Å². The summed E-state index contributed by atoms with van der Waals surface area (Å²) in [6, 6.07) is 5.00. The Kier molecular flexibility index (Phi) is 2.71. The fourth-order valence-corrected chi connectivity index (χ4v) is 1.64. The molecule has 1 aliphatic heterocycles. The van der Waals surface area contributed by atoms with E-state index in [9.17, 15) is 9.18 Å². The maximum absolute atomic E-state index is 13.4.